The maximum absolute atomic E-state index is 5.52. The average Bonchev–Trinajstić information content (AvgIpc) is 2.40. The highest BCUT2D eigenvalue weighted by atomic mass is 16.5. The van der Waals surface area contributed by atoms with Crippen LogP contribution in [-0.2, 0) is 4.74 Å². The molecular weight excluding hydrogens is 210 g/mol. The smallest absolute Gasteiger partial charge is 0.0623 e. The number of hydrogen-bond acceptors (Lipinski definition) is 2. The van der Waals surface area contributed by atoms with Gasteiger partial charge in [0.2, 0.25) is 0 Å². The zero-order valence-electron chi connectivity index (χ0n) is 11.4. The van der Waals surface area contributed by atoms with E-state index >= 15 is 0 Å². The lowest BCUT2D eigenvalue weighted by molar-refractivity contribution is 0.0768. The molecule has 2 nitrogen and oxygen atoms in total. The summed E-state index contributed by atoms with van der Waals surface area (Å²) in [5.74, 6) is 0.989. The Morgan fingerprint density at radius 3 is 2.71 bits per heavy atom. The van der Waals surface area contributed by atoms with Crippen LogP contribution in [0.1, 0.15) is 52.4 Å². The minimum Gasteiger partial charge on any atom is -0.379 e. The molecule has 2 heteroatoms. The SMILES string of the molecule is CCC1CCC(=C(C)CC2COCCN2)CC1. The van der Waals surface area contributed by atoms with E-state index in [4.69, 9.17) is 4.74 Å². The van der Waals surface area contributed by atoms with Crippen LogP contribution in [0.5, 0.6) is 0 Å². The van der Waals surface area contributed by atoms with E-state index in [2.05, 4.69) is 19.2 Å². The maximum atomic E-state index is 5.52. The van der Waals surface area contributed by atoms with Crippen molar-refractivity contribution in [3.63, 3.8) is 0 Å². The van der Waals surface area contributed by atoms with Crippen LogP contribution in [-0.4, -0.2) is 25.8 Å². The van der Waals surface area contributed by atoms with Crippen LogP contribution in [0, 0.1) is 5.92 Å². The van der Waals surface area contributed by atoms with Crippen LogP contribution in [0.2, 0.25) is 0 Å². The maximum Gasteiger partial charge on any atom is 0.0623 e. The molecule has 0 aromatic rings. The molecule has 1 aliphatic carbocycles. The molecule has 17 heavy (non-hydrogen) atoms. The van der Waals surface area contributed by atoms with Gasteiger partial charge in [0, 0.05) is 12.6 Å². The summed E-state index contributed by atoms with van der Waals surface area (Å²) in [4.78, 5) is 0. The summed E-state index contributed by atoms with van der Waals surface area (Å²) in [6.07, 6.45) is 8.07. The van der Waals surface area contributed by atoms with Crippen LogP contribution in [0.4, 0.5) is 0 Å². The molecule has 1 saturated carbocycles. The second-order valence-corrected chi connectivity index (χ2v) is 5.67. The second-order valence-electron chi connectivity index (χ2n) is 5.67. The highest BCUT2D eigenvalue weighted by molar-refractivity contribution is 5.15. The van der Waals surface area contributed by atoms with Crippen LogP contribution in [0.25, 0.3) is 0 Å². The van der Waals surface area contributed by atoms with Crippen LogP contribution in [0.15, 0.2) is 11.1 Å². The van der Waals surface area contributed by atoms with Gasteiger partial charge in [-0.2, -0.15) is 0 Å². The van der Waals surface area contributed by atoms with E-state index in [1.165, 1.54) is 38.5 Å². The zero-order valence-corrected chi connectivity index (χ0v) is 11.4. The second kappa shape index (κ2) is 6.55. The first-order valence-corrected chi connectivity index (χ1v) is 7.28. The van der Waals surface area contributed by atoms with Gasteiger partial charge in [-0.25, -0.2) is 0 Å². The lowest BCUT2D eigenvalue weighted by Crippen LogP contribution is -2.41. The third-order valence-electron chi connectivity index (χ3n) is 4.44. The van der Waals surface area contributed by atoms with Gasteiger partial charge in [-0.1, -0.05) is 24.5 Å². The predicted molar refractivity (Wildman–Crippen MR) is 72.2 cm³/mol. The van der Waals surface area contributed by atoms with E-state index < -0.39 is 0 Å². The molecule has 98 valence electrons. The Kier molecular flexibility index (Phi) is 5.05. The summed E-state index contributed by atoms with van der Waals surface area (Å²) in [6.45, 7) is 7.45. The molecule has 2 fully saturated rings. The van der Waals surface area contributed by atoms with Crippen molar-refractivity contribution in [1.29, 1.82) is 0 Å². The van der Waals surface area contributed by atoms with Crippen LogP contribution in [0.3, 0.4) is 0 Å². The number of rotatable bonds is 3. The molecule has 0 amide bonds. The van der Waals surface area contributed by atoms with E-state index in [1.54, 1.807) is 11.1 Å². The first-order valence-electron chi connectivity index (χ1n) is 7.28. The topological polar surface area (TPSA) is 21.3 Å². The Balaban J connectivity index is 1.83. The third-order valence-corrected chi connectivity index (χ3v) is 4.44. The van der Waals surface area contributed by atoms with Crippen molar-refractivity contribution >= 4 is 0 Å². The van der Waals surface area contributed by atoms with Gasteiger partial charge in [-0.15, -0.1) is 0 Å². The molecule has 1 heterocycles. The predicted octanol–water partition coefficient (Wildman–Crippen LogP) is 3.28. The van der Waals surface area contributed by atoms with Crippen molar-refractivity contribution in [2.75, 3.05) is 19.8 Å². The van der Waals surface area contributed by atoms with E-state index in [0.29, 0.717) is 6.04 Å². The van der Waals surface area contributed by atoms with Gasteiger partial charge in [0.1, 0.15) is 0 Å². The molecule has 1 saturated heterocycles. The van der Waals surface area contributed by atoms with E-state index in [9.17, 15) is 0 Å². The monoisotopic (exact) mass is 237 g/mol. The molecule has 1 unspecified atom stereocenters. The van der Waals surface area contributed by atoms with Gasteiger partial charge in [0.15, 0.2) is 0 Å². The fourth-order valence-electron chi connectivity index (χ4n) is 3.13. The van der Waals surface area contributed by atoms with E-state index in [0.717, 1.165) is 25.7 Å². The number of hydrogen-bond donors (Lipinski definition) is 1. The Hall–Kier alpha value is -0.340. The summed E-state index contributed by atoms with van der Waals surface area (Å²) >= 11 is 0. The first kappa shape index (κ1) is 13.1. The lowest BCUT2D eigenvalue weighted by atomic mass is 9.82. The molecule has 1 aliphatic heterocycles. The van der Waals surface area contributed by atoms with Crippen LogP contribution >= 0.6 is 0 Å². The zero-order chi connectivity index (χ0) is 12.1. The van der Waals surface area contributed by atoms with E-state index in [-0.39, 0.29) is 0 Å². The number of allylic oxidation sites excluding steroid dienone is 1. The van der Waals surface area contributed by atoms with Crippen molar-refractivity contribution < 1.29 is 4.74 Å². The standard InChI is InChI=1S/C15H27NO/c1-3-13-4-6-14(7-5-13)12(2)10-15-11-17-9-8-16-15/h13,15-16H,3-11H2,1-2H3. The fraction of sp³-hybridized carbons (Fsp3) is 0.867. The van der Waals surface area contributed by atoms with E-state index in [1.807, 2.05) is 0 Å². The Morgan fingerprint density at radius 1 is 1.35 bits per heavy atom. The van der Waals surface area contributed by atoms with Crippen molar-refractivity contribution in [2.24, 2.45) is 5.92 Å². The molecule has 0 bridgehead atoms. The van der Waals surface area contributed by atoms with Crippen molar-refractivity contribution in [3.8, 4) is 0 Å². The Morgan fingerprint density at radius 2 is 2.12 bits per heavy atom. The minimum absolute atomic E-state index is 0.556. The van der Waals surface area contributed by atoms with Crippen molar-refractivity contribution in [3.05, 3.63) is 11.1 Å². The molecule has 2 aliphatic rings. The Bertz CT molecular complexity index is 256. The van der Waals surface area contributed by atoms with Crippen molar-refractivity contribution in [2.45, 2.75) is 58.4 Å². The van der Waals surface area contributed by atoms with Crippen LogP contribution < -0.4 is 5.32 Å². The number of ether oxygens (including phenoxy) is 1. The van der Waals surface area contributed by atoms with Gasteiger partial charge >= 0.3 is 0 Å². The first-order chi connectivity index (χ1) is 8.29. The molecule has 0 spiro atoms. The molecular formula is C15H27NO. The number of morpholine rings is 1. The lowest BCUT2D eigenvalue weighted by Gasteiger charge is -2.28. The Labute approximate surface area is 106 Å². The van der Waals surface area contributed by atoms with Gasteiger partial charge in [-0.3, -0.25) is 0 Å². The minimum atomic E-state index is 0.556. The molecule has 1 N–H and O–H groups in total. The summed E-state index contributed by atoms with van der Waals surface area (Å²) in [6, 6.07) is 0.556. The fourth-order valence-corrected chi connectivity index (χ4v) is 3.13. The van der Waals surface area contributed by atoms with Gasteiger partial charge in [-0.05, 0) is 44.9 Å². The highest BCUT2D eigenvalue weighted by Crippen LogP contribution is 2.32. The van der Waals surface area contributed by atoms with Crippen molar-refractivity contribution in [1.82, 2.24) is 5.32 Å². The average molecular weight is 237 g/mol. The largest absolute Gasteiger partial charge is 0.379 e. The highest BCUT2D eigenvalue weighted by Gasteiger charge is 2.19. The molecule has 0 aromatic carbocycles. The summed E-state index contributed by atoms with van der Waals surface area (Å²) in [5, 5.41) is 3.55. The molecule has 0 radical (unpaired) electrons. The number of nitrogens with one attached hydrogen (secondary N) is 1. The molecule has 0 aromatic heterocycles. The third kappa shape index (κ3) is 3.82. The quantitative estimate of drug-likeness (QED) is 0.761. The van der Waals surface area contributed by atoms with Gasteiger partial charge < -0.3 is 10.1 Å². The summed E-state index contributed by atoms with van der Waals surface area (Å²) in [7, 11) is 0. The normalized spacial score (nSPS) is 30.4. The van der Waals surface area contributed by atoms with Gasteiger partial charge in [0.25, 0.3) is 0 Å². The molecule has 2 rings (SSSR count). The summed E-state index contributed by atoms with van der Waals surface area (Å²) in [5.41, 5.74) is 3.37. The van der Waals surface area contributed by atoms with Gasteiger partial charge in [0.05, 0.1) is 13.2 Å². The molecule has 1 atom stereocenters. The summed E-state index contributed by atoms with van der Waals surface area (Å²) < 4.78 is 5.52.